The molecule has 0 unspecified atom stereocenters. The highest BCUT2D eigenvalue weighted by molar-refractivity contribution is 6.23. The van der Waals surface area contributed by atoms with Crippen molar-refractivity contribution in [3.05, 3.63) is 212 Å². The maximum atomic E-state index is 5.19. The lowest BCUT2D eigenvalue weighted by Crippen LogP contribution is -1.95. The summed E-state index contributed by atoms with van der Waals surface area (Å²) in [6.45, 7) is 0. The molecule has 0 aliphatic heterocycles. The molecule has 3 nitrogen and oxygen atoms in total. The topological polar surface area (TPSA) is 30.7 Å². The molecule has 3 heteroatoms. The van der Waals surface area contributed by atoms with Gasteiger partial charge in [-0.05, 0) is 73.8 Å². The lowest BCUT2D eigenvalue weighted by molar-refractivity contribution is 1.20. The van der Waals surface area contributed by atoms with Crippen molar-refractivity contribution in [2.75, 3.05) is 0 Å². The van der Waals surface area contributed by atoms with Crippen molar-refractivity contribution in [2.45, 2.75) is 0 Å². The number of hydrogen-bond acceptors (Lipinski definition) is 2. The second kappa shape index (κ2) is 13.4. The molecule has 0 saturated heterocycles. The monoisotopic (exact) mass is 749 g/mol. The second-order valence-corrected chi connectivity index (χ2v) is 15.4. The van der Waals surface area contributed by atoms with Crippen LogP contribution in [0, 0.1) is 0 Å². The average Bonchev–Trinajstić information content (AvgIpc) is 3.65. The lowest BCUT2D eigenvalue weighted by atomic mass is 9.96. The van der Waals surface area contributed by atoms with Gasteiger partial charge in [0.25, 0.3) is 0 Å². The van der Waals surface area contributed by atoms with Crippen molar-refractivity contribution in [2.24, 2.45) is 0 Å². The Kier molecular flexibility index (Phi) is 7.54. The van der Waals surface area contributed by atoms with Crippen LogP contribution >= 0.6 is 0 Å². The molecule has 0 saturated carbocycles. The summed E-state index contributed by atoms with van der Waals surface area (Å²) < 4.78 is 2.43. The van der Waals surface area contributed by atoms with E-state index in [2.05, 4.69) is 211 Å². The minimum absolute atomic E-state index is 0.869. The van der Waals surface area contributed by atoms with E-state index in [4.69, 9.17) is 9.97 Å². The fourth-order valence-electron chi connectivity index (χ4n) is 9.14. The van der Waals surface area contributed by atoms with Crippen LogP contribution in [0.25, 0.3) is 115 Å². The van der Waals surface area contributed by atoms with Crippen LogP contribution < -0.4 is 0 Å². The Hall–Kier alpha value is -7.88. The van der Waals surface area contributed by atoms with E-state index in [1.54, 1.807) is 0 Å². The molecule has 2 aromatic heterocycles. The van der Waals surface area contributed by atoms with E-state index in [-0.39, 0.29) is 0 Å². The standard InChI is InChI=1S/C56H35N3/c1-2-15-44-39(11-1)12-10-22-52(44)59-53-21-8-7-18-47(53)48-32-31-43(34-54(48)59)42-14-9-13-41(33-42)38-25-23-36(24-26-38)37-27-29-40(30-28-37)51-35-57-55-49-19-5-3-16-45(49)46-17-4-6-20-50(46)56(55)58-51/h1-35H. The van der Waals surface area contributed by atoms with Gasteiger partial charge in [-0.1, -0.05) is 182 Å². The molecule has 0 radical (unpaired) electrons. The van der Waals surface area contributed by atoms with E-state index in [1.807, 2.05) is 6.20 Å². The Labute approximate surface area is 341 Å². The van der Waals surface area contributed by atoms with Crippen molar-refractivity contribution >= 4 is 65.2 Å². The van der Waals surface area contributed by atoms with Crippen molar-refractivity contribution in [3.63, 3.8) is 0 Å². The molecule has 59 heavy (non-hydrogen) atoms. The third-order valence-corrected chi connectivity index (χ3v) is 12.0. The van der Waals surface area contributed by atoms with Crippen LogP contribution in [0.15, 0.2) is 212 Å². The molecule has 0 amide bonds. The van der Waals surface area contributed by atoms with Crippen molar-refractivity contribution in [1.82, 2.24) is 14.5 Å². The largest absolute Gasteiger partial charge is 0.309 e. The molecular formula is C56H35N3. The highest BCUT2D eigenvalue weighted by Gasteiger charge is 2.16. The Morgan fingerprint density at radius 3 is 1.53 bits per heavy atom. The Morgan fingerprint density at radius 2 is 0.797 bits per heavy atom. The summed E-state index contributed by atoms with van der Waals surface area (Å²) in [7, 11) is 0. The molecule has 0 spiro atoms. The molecule has 10 aromatic carbocycles. The first-order chi connectivity index (χ1) is 29.2. The van der Waals surface area contributed by atoms with Crippen LogP contribution in [0.3, 0.4) is 0 Å². The molecule has 12 aromatic rings. The van der Waals surface area contributed by atoms with Crippen LogP contribution in [0.2, 0.25) is 0 Å². The quantitative estimate of drug-likeness (QED) is 0.164. The highest BCUT2D eigenvalue weighted by atomic mass is 15.0. The lowest BCUT2D eigenvalue weighted by Gasteiger charge is -2.12. The number of hydrogen-bond donors (Lipinski definition) is 0. The number of fused-ring (bicyclic) bond motifs is 10. The van der Waals surface area contributed by atoms with Crippen molar-refractivity contribution < 1.29 is 0 Å². The van der Waals surface area contributed by atoms with E-state index in [0.29, 0.717) is 0 Å². The fraction of sp³-hybridized carbons (Fsp3) is 0. The van der Waals surface area contributed by atoms with E-state index in [0.717, 1.165) is 38.6 Å². The van der Waals surface area contributed by atoms with Crippen LogP contribution in [-0.4, -0.2) is 14.5 Å². The summed E-state index contributed by atoms with van der Waals surface area (Å²) in [5.41, 5.74) is 14.5. The van der Waals surface area contributed by atoms with Crippen LogP contribution in [0.1, 0.15) is 0 Å². The summed E-state index contributed by atoms with van der Waals surface area (Å²) in [4.78, 5) is 10.2. The van der Waals surface area contributed by atoms with Gasteiger partial charge >= 0.3 is 0 Å². The SMILES string of the molecule is c1cc(-c2ccc(-c3ccc(-c4cnc5c6ccccc6c6ccccc6c5n4)cc3)cc2)cc(-c2ccc3c4ccccc4n(-c4cccc5ccccc45)c3c2)c1. The smallest absolute Gasteiger partial charge is 0.0979 e. The van der Waals surface area contributed by atoms with Gasteiger partial charge in [0.05, 0.1) is 39.6 Å². The first-order valence-corrected chi connectivity index (χ1v) is 20.1. The Morgan fingerprint density at radius 1 is 0.305 bits per heavy atom. The molecule has 2 heterocycles. The zero-order valence-electron chi connectivity index (χ0n) is 32.0. The first-order valence-electron chi connectivity index (χ1n) is 20.1. The molecule has 0 atom stereocenters. The predicted octanol–water partition coefficient (Wildman–Crippen LogP) is 14.9. The number of nitrogens with zero attached hydrogens (tertiary/aromatic N) is 3. The summed E-state index contributed by atoms with van der Waals surface area (Å²) >= 11 is 0. The highest BCUT2D eigenvalue weighted by Crippen LogP contribution is 2.38. The first kappa shape index (κ1) is 33.3. The van der Waals surface area contributed by atoms with Gasteiger partial charge in [-0.15, -0.1) is 0 Å². The number of benzene rings is 10. The Bertz CT molecular complexity index is 3560. The third kappa shape index (κ3) is 5.44. The molecule has 0 N–H and O–H groups in total. The molecule has 274 valence electrons. The summed E-state index contributed by atoms with van der Waals surface area (Å²) in [5.74, 6) is 0. The minimum atomic E-state index is 0.869. The van der Waals surface area contributed by atoms with Gasteiger partial charge in [0.2, 0.25) is 0 Å². The van der Waals surface area contributed by atoms with Gasteiger partial charge in [-0.25, -0.2) is 4.98 Å². The van der Waals surface area contributed by atoms with E-state index in [1.165, 1.54) is 76.9 Å². The normalized spacial score (nSPS) is 11.7. The van der Waals surface area contributed by atoms with Gasteiger partial charge in [-0.3, -0.25) is 4.98 Å². The van der Waals surface area contributed by atoms with Crippen molar-refractivity contribution in [3.8, 4) is 50.3 Å². The maximum absolute atomic E-state index is 5.19. The molecule has 0 aliphatic carbocycles. The third-order valence-electron chi connectivity index (χ3n) is 12.0. The Balaban J connectivity index is 0.860. The predicted molar refractivity (Wildman–Crippen MR) is 248 cm³/mol. The number of aromatic nitrogens is 3. The maximum Gasteiger partial charge on any atom is 0.0979 e. The van der Waals surface area contributed by atoms with Crippen molar-refractivity contribution in [1.29, 1.82) is 0 Å². The zero-order valence-corrected chi connectivity index (χ0v) is 32.0. The van der Waals surface area contributed by atoms with Gasteiger partial charge in [0.15, 0.2) is 0 Å². The van der Waals surface area contributed by atoms with E-state index < -0.39 is 0 Å². The van der Waals surface area contributed by atoms with E-state index >= 15 is 0 Å². The minimum Gasteiger partial charge on any atom is -0.309 e. The van der Waals surface area contributed by atoms with Crippen LogP contribution in [0.5, 0.6) is 0 Å². The van der Waals surface area contributed by atoms with Gasteiger partial charge in [0, 0.05) is 32.5 Å². The van der Waals surface area contributed by atoms with Gasteiger partial charge in [0.1, 0.15) is 0 Å². The van der Waals surface area contributed by atoms with Crippen LogP contribution in [-0.2, 0) is 0 Å². The summed E-state index contributed by atoms with van der Waals surface area (Å²) in [6.07, 6.45) is 1.91. The zero-order chi connectivity index (χ0) is 38.9. The number of para-hydroxylation sites is 1. The molecule has 0 bridgehead atoms. The van der Waals surface area contributed by atoms with Crippen LogP contribution in [0.4, 0.5) is 0 Å². The summed E-state index contributed by atoms with van der Waals surface area (Å²) in [5, 5.41) is 9.65. The second-order valence-electron chi connectivity index (χ2n) is 15.4. The molecular weight excluding hydrogens is 715 g/mol. The summed E-state index contributed by atoms with van der Waals surface area (Å²) in [6, 6.07) is 74.4. The molecule has 12 rings (SSSR count). The van der Waals surface area contributed by atoms with Gasteiger partial charge < -0.3 is 4.57 Å². The number of rotatable bonds is 5. The fourth-order valence-corrected chi connectivity index (χ4v) is 9.14. The van der Waals surface area contributed by atoms with E-state index in [9.17, 15) is 0 Å². The van der Waals surface area contributed by atoms with Gasteiger partial charge in [-0.2, -0.15) is 0 Å². The average molecular weight is 750 g/mol. The molecule has 0 aliphatic rings. The molecule has 0 fully saturated rings.